The SMILES string of the molecule is CC(OC(N)=O)C(C)c1ccccc1Cl. The topological polar surface area (TPSA) is 52.3 Å². The number of rotatable bonds is 3. The molecule has 2 N–H and O–H groups in total. The molecule has 1 rings (SSSR count). The van der Waals surface area contributed by atoms with Crippen molar-refractivity contribution in [3.05, 3.63) is 34.9 Å². The molecule has 4 heteroatoms. The van der Waals surface area contributed by atoms with Gasteiger partial charge in [-0.15, -0.1) is 0 Å². The van der Waals surface area contributed by atoms with Crippen molar-refractivity contribution in [2.24, 2.45) is 5.73 Å². The molecule has 0 aromatic heterocycles. The maximum atomic E-state index is 10.6. The summed E-state index contributed by atoms with van der Waals surface area (Å²) in [6, 6.07) is 7.48. The fraction of sp³-hybridized carbons (Fsp3) is 0.364. The highest BCUT2D eigenvalue weighted by Crippen LogP contribution is 2.27. The van der Waals surface area contributed by atoms with Gasteiger partial charge in [-0.05, 0) is 18.6 Å². The second-order valence-electron chi connectivity index (χ2n) is 3.45. The molecule has 3 nitrogen and oxygen atoms in total. The van der Waals surface area contributed by atoms with Crippen molar-refractivity contribution in [1.29, 1.82) is 0 Å². The van der Waals surface area contributed by atoms with Gasteiger partial charge >= 0.3 is 6.09 Å². The lowest BCUT2D eigenvalue weighted by molar-refractivity contribution is 0.103. The van der Waals surface area contributed by atoms with E-state index < -0.39 is 6.09 Å². The highest BCUT2D eigenvalue weighted by molar-refractivity contribution is 6.31. The highest BCUT2D eigenvalue weighted by atomic mass is 35.5. The number of ether oxygens (including phenoxy) is 1. The first-order valence-electron chi connectivity index (χ1n) is 4.73. The standard InChI is InChI=1S/C11H14ClNO2/c1-7(8(2)15-11(13)14)9-5-3-4-6-10(9)12/h3-8H,1-2H3,(H2,13,14). The number of carbonyl (C=O) groups is 1. The second kappa shape index (κ2) is 5.03. The average Bonchev–Trinajstić information content (AvgIpc) is 2.16. The Bertz CT molecular complexity index is 354. The Kier molecular flexibility index (Phi) is 3.97. The van der Waals surface area contributed by atoms with Gasteiger partial charge in [0.15, 0.2) is 0 Å². The van der Waals surface area contributed by atoms with Gasteiger partial charge in [0.2, 0.25) is 0 Å². The summed E-state index contributed by atoms with van der Waals surface area (Å²) in [6.07, 6.45) is -1.05. The minimum absolute atomic E-state index is 0.0196. The number of carbonyl (C=O) groups excluding carboxylic acids is 1. The predicted octanol–water partition coefficient (Wildman–Crippen LogP) is 2.93. The normalized spacial score (nSPS) is 14.3. The van der Waals surface area contributed by atoms with Gasteiger partial charge in [-0.3, -0.25) is 0 Å². The molecule has 2 unspecified atom stereocenters. The molecule has 0 radical (unpaired) electrons. The lowest BCUT2D eigenvalue weighted by Gasteiger charge is -2.20. The average molecular weight is 228 g/mol. The van der Waals surface area contributed by atoms with Gasteiger partial charge in [0.25, 0.3) is 0 Å². The van der Waals surface area contributed by atoms with E-state index in [1.807, 2.05) is 31.2 Å². The van der Waals surface area contributed by atoms with E-state index in [9.17, 15) is 4.79 Å². The van der Waals surface area contributed by atoms with Crippen LogP contribution in [0.5, 0.6) is 0 Å². The van der Waals surface area contributed by atoms with E-state index in [4.69, 9.17) is 22.1 Å². The molecule has 0 saturated heterocycles. The monoisotopic (exact) mass is 227 g/mol. The predicted molar refractivity (Wildman–Crippen MR) is 60.0 cm³/mol. The Morgan fingerprint density at radius 2 is 2.00 bits per heavy atom. The maximum absolute atomic E-state index is 10.6. The largest absolute Gasteiger partial charge is 0.446 e. The van der Waals surface area contributed by atoms with Crippen LogP contribution in [0.25, 0.3) is 0 Å². The molecule has 82 valence electrons. The Hall–Kier alpha value is -1.22. The van der Waals surface area contributed by atoms with Gasteiger partial charge in [0, 0.05) is 10.9 Å². The van der Waals surface area contributed by atoms with Gasteiger partial charge in [-0.1, -0.05) is 36.7 Å². The molecule has 0 bridgehead atoms. The summed E-state index contributed by atoms with van der Waals surface area (Å²) in [5.74, 6) is 0.0196. The van der Waals surface area contributed by atoms with Crippen LogP contribution in [-0.2, 0) is 4.74 Å². The summed E-state index contributed by atoms with van der Waals surface area (Å²) in [7, 11) is 0. The van der Waals surface area contributed by atoms with E-state index in [1.165, 1.54) is 0 Å². The van der Waals surface area contributed by atoms with Gasteiger partial charge in [-0.2, -0.15) is 0 Å². The lowest BCUT2D eigenvalue weighted by atomic mass is 9.96. The molecule has 0 aliphatic rings. The van der Waals surface area contributed by atoms with Crippen molar-refractivity contribution >= 4 is 17.7 Å². The third-order valence-electron chi connectivity index (χ3n) is 2.40. The van der Waals surface area contributed by atoms with Crippen LogP contribution in [-0.4, -0.2) is 12.2 Å². The fourth-order valence-electron chi connectivity index (χ4n) is 1.38. The van der Waals surface area contributed by atoms with E-state index in [1.54, 1.807) is 6.92 Å². The molecule has 0 heterocycles. The number of hydrogen-bond acceptors (Lipinski definition) is 2. The summed E-state index contributed by atoms with van der Waals surface area (Å²) < 4.78 is 4.90. The third-order valence-corrected chi connectivity index (χ3v) is 2.75. The summed E-state index contributed by atoms with van der Waals surface area (Å²) in [5.41, 5.74) is 5.90. The molecular formula is C11H14ClNO2. The number of benzene rings is 1. The van der Waals surface area contributed by atoms with E-state index in [-0.39, 0.29) is 12.0 Å². The summed E-state index contributed by atoms with van der Waals surface area (Å²) in [4.78, 5) is 10.6. The van der Waals surface area contributed by atoms with Crippen molar-refractivity contribution in [3.63, 3.8) is 0 Å². The first-order chi connectivity index (χ1) is 7.02. The summed E-state index contributed by atoms with van der Waals surface area (Å²) in [5, 5.41) is 0.671. The van der Waals surface area contributed by atoms with Crippen molar-refractivity contribution < 1.29 is 9.53 Å². The summed E-state index contributed by atoms with van der Waals surface area (Å²) >= 11 is 6.03. The Labute approximate surface area is 94.2 Å². The molecule has 0 fully saturated rings. The van der Waals surface area contributed by atoms with Crippen LogP contribution in [0.2, 0.25) is 5.02 Å². The molecule has 1 aromatic carbocycles. The van der Waals surface area contributed by atoms with Crippen LogP contribution < -0.4 is 5.73 Å². The first-order valence-corrected chi connectivity index (χ1v) is 5.10. The van der Waals surface area contributed by atoms with E-state index in [0.29, 0.717) is 5.02 Å². The molecule has 0 spiro atoms. The van der Waals surface area contributed by atoms with Crippen LogP contribution in [0.15, 0.2) is 24.3 Å². The summed E-state index contributed by atoms with van der Waals surface area (Å²) in [6.45, 7) is 3.73. The van der Waals surface area contributed by atoms with E-state index in [0.717, 1.165) is 5.56 Å². The van der Waals surface area contributed by atoms with Gasteiger partial charge in [0.1, 0.15) is 6.10 Å². The lowest BCUT2D eigenvalue weighted by Crippen LogP contribution is -2.24. The minimum Gasteiger partial charge on any atom is -0.446 e. The zero-order valence-corrected chi connectivity index (χ0v) is 9.49. The molecule has 0 saturated carbocycles. The zero-order valence-electron chi connectivity index (χ0n) is 8.74. The number of halogens is 1. The number of amides is 1. The van der Waals surface area contributed by atoms with Crippen LogP contribution in [0.1, 0.15) is 25.3 Å². The number of primary amides is 1. The Balaban J connectivity index is 2.80. The molecule has 0 aliphatic carbocycles. The first kappa shape index (κ1) is 11.9. The number of hydrogen-bond donors (Lipinski definition) is 1. The molecular weight excluding hydrogens is 214 g/mol. The molecule has 1 amide bonds. The van der Waals surface area contributed by atoms with E-state index >= 15 is 0 Å². The van der Waals surface area contributed by atoms with Crippen molar-refractivity contribution in [2.75, 3.05) is 0 Å². The van der Waals surface area contributed by atoms with Crippen molar-refractivity contribution in [2.45, 2.75) is 25.9 Å². The highest BCUT2D eigenvalue weighted by Gasteiger charge is 2.19. The Morgan fingerprint density at radius 1 is 1.40 bits per heavy atom. The molecule has 1 aromatic rings. The van der Waals surface area contributed by atoms with Crippen molar-refractivity contribution in [1.82, 2.24) is 0 Å². The van der Waals surface area contributed by atoms with Crippen LogP contribution in [0.4, 0.5) is 4.79 Å². The van der Waals surface area contributed by atoms with Crippen LogP contribution in [0, 0.1) is 0 Å². The Morgan fingerprint density at radius 3 is 2.53 bits per heavy atom. The fourth-order valence-corrected chi connectivity index (χ4v) is 1.69. The van der Waals surface area contributed by atoms with Crippen LogP contribution >= 0.6 is 11.6 Å². The van der Waals surface area contributed by atoms with Gasteiger partial charge in [0.05, 0.1) is 0 Å². The maximum Gasteiger partial charge on any atom is 0.404 e. The molecule has 0 aliphatic heterocycles. The molecule has 15 heavy (non-hydrogen) atoms. The van der Waals surface area contributed by atoms with Gasteiger partial charge < -0.3 is 10.5 Å². The quantitative estimate of drug-likeness (QED) is 0.863. The third kappa shape index (κ3) is 3.13. The second-order valence-corrected chi connectivity index (χ2v) is 3.86. The van der Waals surface area contributed by atoms with Crippen molar-refractivity contribution in [3.8, 4) is 0 Å². The van der Waals surface area contributed by atoms with E-state index in [2.05, 4.69) is 0 Å². The zero-order chi connectivity index (χ0) is 11.4. The smallest absolute Gasteiger partial charge is 0.404 e. The number of nitrogens with two attached hydrogens (primary N) is 1. The van der Waals surface area contributed by atoms with Crippen LogP contribution in [0.3, 0.4) is 0 Å². The molecule has 2 atom stereocenters. The van der Waals surface area contributed by atoms with Gasteiger partial charge in [-0.25, -0.2) is 4.79 Å². The minimum atomic E-state index is -0.763.